The van der Waals surface area contributed by atoms with Gasteiger partial charge in [0.1, 0.15) is 5.82 Å². The Labute approximate surface area is 171 Å². The van der Waals surface area contributed by atoms with E-state index in [1.807, 2.05) is 4.90 Å². The van der Waals surface area contributed by atoms with Crippen molar-refractivity contribution in [3.05, 3.63) is 35.9 Å². The molecule has 3 heterocycles. The second-order valence-electron chi connectivity index (χ2n) is 8.28. The van der Waals surface area contributed by atoms with Gasteiger partial charge in [0, 0.05) is 38.0 Å². The maximum Gasteiger partial charge on any atom is 0.257 e. The van der Waals surface area contributed by atoms with Gasteiger partial charge >= 0.3 is 0 Å². The third-order valence-corrected chi connectivity index (χ3v) is 6.41. The minimum Gasteiger partial charge on any atom is -0.343 e. The zero-order valence-electron chi connectivity index (χ0n) is 17.0. The first-order chi connectivity index (χ1) is 14.1. The van der Waals surface area contributed by atoms with Crippen LogP contribution in [-0.2, 0) is 11.2 Å². The second-order valence-corrected chi connectivity index (χ2v) is 8.28. The number of aryl methyl sites for hydroxylation is 1. The zero-order valence-corrected chi connectivity index (χ0v) is 17.0. The SMILES string of the molecule is CC(=O)N1CCC(N2CCC(CCc3noc(-c4ccc(F)cc4)n3)CC2)CC1. The van der Waals surface area contributed by atoms with Gasteiger partial charge in [0.05, 0.1) is 0 Å². The lowest BCUT2D eigenvalue weighted by atomic mass is 9.90. The van der Waals surface area contributed by atoms with E-state index in [1.165, 1.54) is 25.0 Å². The first-order valence-electron chi connectivity index (χ1n) is 10.7. The highest BCUT2D eigenvalue weighted by Gasteiger charge is 2.28. The van der Waals surface area contributed by atoms with Gasteiger partial charge in [0.15, 0.2) is 5.82 Å². The van der Waals surface area contributed by atoms with Gasteiger partial charge in [-0.15, -0.1) is 0 Å². The van der Waals surface area contributed by atoms with Crippen molar-refractivity contribution in [1.82, 2.24) is 19.9 Å². The van der Waals surface area contributed by atoms with Crippen LogP contribution >= 0.6 is 0 Å². The van der Waals surface area contributed by atoms with Crippen molar-refractivity contribution in [2.24, 2.45) is 5.92 Å². The molecule has 1 aromatic carbocycles. The van der Waals surface area contributed by atoms with Crippen LogP contribution in [0.1, 0.15) is 44.9 Å². The molecule has 4 rings (SSSR count). The number of hydrogen-bond donors (Lipinski definition) is 0. The Bertz CT molecular complexity index is 806. The van der Waals surface area contributed by atoms with E-state index in [2.05, 4.69) is 15.0 Å². The molecule has 1 amide bonds. The highest BCUT2D eigenvalue weighted by Crippen LogP contribution is 2.27. The summed E-state index contributed by atoms with van der Waals surface area (Å²) in [5.41, 5.74) is 0.745. The first-order valence-corrected chi connectivity index (χ1v) is 10.7. The van der Waals surface area contributed by atoms with Crippen molar-refractivity contribution in [1.29, 1.82) is 0 Å². The van der Waals surface area contributed by atoms with E-state index in [1.54, 1.807) is 19.1 Å². The van der Waals surface area contributed by atoms with Gasteiger partial charge in [0.25, 0.3) is 5.89 Å². The number of hydrogen-bond acceptors (Lipinski definition) is 5. The first kappa shape index (κ1) is 20.0. The van der Waals surface area contributed by atoms with Crippen molar-refractivity contribution in [3.8, 4) is 11.5 Å². The lowest BCUT2D eigenvalue weighted by Crippen LogP contribution is -2.48. The number of likely N-dealkylation sites (tertiary alicyclic amines) is 2. The average Bonchev–Trinajstić information content (AvgIpc) is 3.22. The molecule has 0 unspecified atom stereocenters. The van der Waals surface area contributed by atoms with Crippen molar-refractivity contribution in [3.63, 3.8) is 0 Å². The van der Waals surface area contributed by atoms with E-state index in [0.717, 1.165) is 63.3 Å². The third-order valence-electron chi connectivity index (χ3n) is 6.41. The van der Waals surface area contributed by atoms with Gasteiger partial charge in [-0.2, -0.15) is 4.98 Å². The van der Waals surface area contributed by atoms with Crippen LogP contribution in [0.2, 0.25) is 0 Å². The fourth-order valence-corrected chi connectivity index (χ4v) is 4.55. The minimum atomic E-state index is -0.274. The molecule has 2 fully saturated rings. The quantitative estimate of drug-likeness (QED) is 0.768. The molecule has 0 saturated carbocycles. The highest BCUT2D eigenvalue weighted by molar-refractivity contribution is 5.73. The molecule has 7 heteroatoms. The number of rotatable bonds is 5. The third kappa shape index (κ3) is 5.01. The van der Waals surface area contributed by atoms with Crippen LogP contribution in [0.4, 0.5) is 4.39 Å². The second kappa shape index (κ2) is 9.03. The summed E-state index contributed by atoms with van der Waals surface area (Å²) < 4.78 is 18.4. The van der Waals surface area contributed by atoms with E-state index >= 15 is 0 Å². The molecule has 2 saturated heterocycles. The van der Waals surface area contributed by atoms with Crippen LogP contribution in [0.3, 0.4) is 0 Å². The summed E-state index contributed by atoms with van der Waals surface area (Å²) in [6.07, 6.45) is 6.48. The number of nitrogens with zero attached hydrogens (tertiary/aromatic N) is 4. The monoisotopic (exact) mass is 400 g/mol. The van der Waals surface area contributed by atoms with Crippen LogP contribution in [0.25, 0.3) is 11.5 Å². The van der Waals surface area contributed by atoms with Crippen molar-refractivity contribution in [2.75, 3.05) is 26.2 Å². The molecule has 2 aliphatic heterocycles. The predicted molar refractivity (Wildman–Crippen MR) is 108 cm³/mol. The van der Waals surface area contributed by atoms with Gasteiger partial charge in [-0.25, -0.2) is 4.39 Å². The Morgan fingerprint density at radius 2 is 1.79 bits per heavy atom. The highest BCUT2D eigenvalue weighted by atomic mass is 19.1. The van der Waals surface area contributed by atoms with Gasteiger partial charge in [-0.3, -0.25) is 4.79 Å². The molecule has 6 nitrogen and oxygen atoms in total. The summed E-state index contributed by atoms with van der Waals surface area (Å²) in [5, 5.41) is 4.09. The summed E-state index contributed by atoms with van der Waals surface area (Å²) in [7, 11) is 0. The Morgan fingerprint density at radius 1 is 1.10 bits per heavy atom. The van der Waals surface area contributed by atoms with E-state index in [0.29, 0.717) is 17.9 Å². The van der Waals surface area contributed by atoms with Gasteiger partial charge < -0.3 is 14.3 Å². The van der Waals surface area contributed by atoms with Crippen molar-refractivity contribution < 1.29 is 13.7 Å². The maximum absolute atomic E-state index is 13.0. The molecule has 156 valence electrons. The average molecular weight is 400 g/mol. The molecule has 0 atom stereocenters. The molecule has 2 aliphatic rings. The van der Waals surface area contributed by atoms with Crippen LogP contribution in [0.15, 0.2) is 28.8 Å². The van der Waals surface area contributed by atoms with Crippen molar-refractivity contribution >= 4 is 5.91 Å². The fraction of sp³-hybridized carbons (Fsp3) is 0.591. The van der Waals surface area contributed by atoms with Crippen LogP contribution < -0.4 is 0 Å². The molecular formula is C22H29FN4O2. The largest absolute Gasteiger partial charge is 0.343 e. The lowest BCUT2D eigenvalue weighted by molar-refractivity contribution is -0.130. The van der Waals surface area contributed by atoms with E-state index < -0.39 is 0 Å². The number of halogens is 1. The van der Waals surface area contributed by atoms with Gasteiger partial charge in [0.2, 0.25) is 5.91 Å². The number of piperidine rings is 2. The van der Waals surface area contributed by atoms with Crippen LogP contribution in [0, 0.1) is 11.7 Å². The number of benzene rings is 1. The summed E-state index contributed by atoms with van der Waals surface area (Å²) in [6, 6.07) is 6.74. The minimum absolute atomic E-state index is 0.200. The number of carbonyl (C=O) groups is 1. The Morgan fingerprint density at radius 3 is 2.45 bits per heavy atom. The van der Waals surface area contributed by atoms with Gasteiger partial charge in [-0.05, 0) is 75.4 Å². The topological polar surface area (TPSA) is 62.5 Å². The summed E-state index contributed by atoms with van der Waals surface area (Å²) in [4.78, 5) is 20.5. The standard InChI is InChI=1S/C22H29FN4O2/c1-16(28)26-14-10-20(11-15-26)27-12-8-17(9-13-27)2-7-21-24-22(29-25-21)18-3-5-19(23)6-4-18/h3-6,17,20H,2,7-15H2,1H3. The molecule has 0 bridgehead atoms. The predicted octanol–water partition coefficient (Wildman–Crippen LogP) is 3.53. The Kier molecular flexibility index (Phi) is 6.23. The van der Waals surface area contributed by atoms with Gasteiger partial charge in [-0.1, -0.05) is 5.16 Å². The normalized spacial score (nSPS) is 19.6. The Balaban J connectivity index is 1.21. The molecule has 0 aliphatic carbocycles. The summed E-state index contributed by atoms with van der Waals surface area (Å²) >= 11 is 0. The Hall–Kier alpha value is -2.28. The molecule has 29 heavy (non-hydrogen) atoms. The number of carbonyl (C=O) groups excluding carboxylic acids is 1. The molecule has 0 N–H and O–H groups in total. The zero-order chi connectivity index (χ0) is 20.2. The fourth-order valence-electron chi connectivity index (χ4n) is 4.55. The van der Waals surface area contributed by atoms with E-state index in [-0.39, 0.29) is 11.7 Å². The number of aromatic nitrogens is 2. The smallest absolute Gasteiger partial charge is 0.257 e. The number of amides is 1. The van der Waals surface area contributed by atoms with Crippen LogP contribution in [-0.4, -0.2) is 58.1 Å². The molecule has 0 radical (unpaired) electrons. The van der Waals surface area contributed by atoms with E-state index in [4.69, 9.17) is 4.52 Å². The molecule has 2 aromatic rings. The lowest BCUT2D eigenvalue weighted by Gasteiger charge is -2.41. The summed E-state index contributed by atoms with van der Waals surface area (Å²) in [5.74, 6) is 1.79. The van der Waals surface area contributed by atoms with E-state index in [9.17, 15) is 9.18 Å². The molecular weight excluding hydrogens is 371 g/mol. The molecule has 1 aromatic heterocycles. The van der Waals surface area contributed by atoms with Crippen molar-refractivity contribution in [2.45, 2.75) is 51.5 Å². The maximum atomic E-state index is 13.0. The molecule has 0 spiro atoms. The van der Waals surface area contributed by atoms with Crippen LogP contribution in [0.5, 0.6) is 0 Å². The summed E-state index contributed by atoms with van der Waals surface area (Å²) in [6.45, 7) is 5.74.